The Hall–Kier alpha value is -2.28. The van der Waals surface area contributed by atoms with Crippen molar-refractivity contribution in [2.24, 2.45) is 0 Å². The van der Waals surface area contributed by atoms with Gasteiger partial charge >= 0.3 is 0 Å². The van der Waals surface area contributed by atoms with Gasteiger partial charge in [0, 0.05) is 51.2 Å². The summed E-state index contributed by atoms with van der Waals surface area (Å²) < 4.78 is 0. The van der Waals surface area contributed by atoms with Gasteiger partial charge in [-0.15, -0.1) is 0 Å². The number of rotatable bonds is 3. The van der Waals surface area contributed by atoms with Gasteiger partial charge in [0.15, 0.2) is 5.65 Å². The molecule has 1 unspecified atom stereocenters. The summed E-state index contributed by atoms with van der Waals surface area (Å²) in [5.41, 5.74) is 1.50. The molecule has 26 heavy (non-hydrogen) atoms. The van der Waals surface area contributed by atoms with Crippen LogP contribution < -0.4 is 4.90 Å². The normalized spacial score (nSPS) is 22.4. The van der Waals surface area contributed by atoms with Crippen LogP contribution in [0, 0.1) is 0 Å². The second-order valence-corrected chi connectivity index (χ2v) is 7.37. The van der Waals surface area contributed by atoms with Crippen molar-refractivity contribution in [3.05, 3.63) is 24.5 Å². The molecule has 138 valence electrons. The molecule has 2 saturated heterocycles. The van der Waals surface area contributed by atoms with Crippen LogP contribution in [0.3, 0.4) is 0 Å². The number of carbonyl (C=O) groups is 1. The molecule has 0 radical (unpaired) electrons. The molecule has 0 spiro atoms. The number of pyridine rings is 1. The topological polar surface area (TPSA) is 65.5 Å². The van der Waals surface area contributed by atoms with Crippen molar-refractivity contribution >= 4 is 22.9 Å². The molecule has 7 nitrogen and oxygen atoms in total. The molecule has 2 aromatic heterocycles. The first-order valence-corrected chi connectivity index (χ1v) is 9.51. The minimum atomic E-state index is 0.0451. The summed E-state index contributed by atoms with van der Waals surface area (Å²) in [5.74, 6) is 1.25. The lowest BCUT2D eigenvalue weighted by atomic mass is 10.0. The number of aromatic nitrogens is 3. The van der Waals surface area contributed by atoms with E-state index in [9.17, 15) is 4.79 Å². The molecule has 0 bridgehead atoms. The number of likely N-dealkylation sites (tertiary alicyclic amines) is 1. The summed E-state index contributed by atoms with van der Waals surface area (Å²) in [6, 6.07) is 4.32. The number of nitrogens with zero attached hydrogens (tertiary/aromatic N) is 6. The van der Waals surface area contributed by atoms with Gasteiger partial charge in [0.2, 0.25) is 5.91 Å². The first kappa shape index (κ1) is 17.1. The van der Waals surface area contributed by atoms with E-state index >= 15 is 0 Å². The maximum Gasteiger partial charge on any atom is 0.240 e. The van der Waals surface area contributed by atoms with E-state index in [1.165, 1.54) is 0 Å². The lowest BCUT2D eigenvalue weighted by Gasteiger charge is -2.43. The van der Waals surface area contributed by atoms with Gasteiger partial charge < -0.3 is 9.80 Å². The quantitative estimate of drug-likeness (QED) is 0.833. The fourth-order valence-electron chi connectivity index (χ4n) is 4.01. The third-order valence-corrected chi connectivity index (χ3v) is 5.46. The van der Waals surface area contributed by atoms with E-state index < -0.39 is 0 Å². The molecule has 2 aliphatic rings. The number of amides is 1. The molecule has 4 heterocycles. The standard InChI is InChI=1S/C19H26N6O/c1-14(2)25-9-3-4-16(19(25)26)23-10-12-24(13-11-23)17-6-5-15-18(22-17)21-8-7-20-15/h5-8,14,16H,3-4,9-13H2,1-2H3. The highest BCUT2D eigenvalue weighted by Gasteiger charge is 2.35. The van der Waals surface area contributed by atoms with Crippen LogP contribution in [0.1, 0.15) is 26.7 Å². The number of piperidine rings is 1. The summed E-state index contributed by atoms with van der Waals surface area (Å²) in [4.78, 5) is 32.7. The Bertz CT molecular complexity index is 786. The van der Waals surface area contributed by atoms with Gasteiger partial charge in [-0.25, -0.2) is 9.97 Å². The van der Waals surface area contributed by atoms with Crippen LogP contribution >= 0.6 is 0 Å². The van der Waals surface area contributed by atoms with Crippen LogP contribution in [0.4, 0.5) is 5.82 Å². The molecular weight excluding hydrogens is 328 g/mol. The largest absolute Gasteiger partial charge is 0.354 e. The van der Waals surface area contributed by atoms with E-state index in [1.54, 1.807) is 12.4 Å². The molecule has 2 aromatic rings. The third kappa shape index (κ3) is 3.23. The maximum atomic E-state index is 12.8. The van der Waals surface area contributed by atoms with E-state index in [4.69, 9.17) is 0 Å². The molecule has 7 heteroatoms. The second-order valence-electron chi connectivity index (χ2n) is 7.37. The van der Waals surface area contributed by atoms with Crippen LogP contribution in [-0.4, -0.2) is 75.5 Å². The maximum absolute atomic E-state index is 12.8. The first-order valence-electron chi connectivity index (χ1n) is 9.51. The molecule has 2 fully saturated rings. The predicted molar refractivity (Wildman–Crippen MR) is 101 cm³/mol. The van der Waals surface area contributed by atoms with Gasteiger partial charge in [0.25, 0.3) is 0 Å². The monoisotopic (exact) mass is 354 g/mol. The molecule has 1 atom stereocenters. The zero-order valence-electron chi connectivity index (χ0n) is 15.5. The van der Waals surface area contributed by atoms with E-state index in [0.29, 0.717) is 11.6 Å². The Morgan fingerprint density at radius 1 is 1.04 bits per heavy atom. The first-order chi connectivity index (χ1) is 12.6. The van der Waals surface area contributed by atoms with Crippen LogP contribution in [0.2, 0.25) is 0 Å². The molecule has 4 rings (SSSR count). The van der Waals surface area contributed by atoms with Crippen molar-refractivity contribution in [3.8, 4) is 0 Å². The number of fused-ring (bicyclic) bond motifs is 1. The zero-order chi connectivity index (χ0) is 18.1. The van der Waals surface area contributed by atoms with Crippen LogP contribution in [0.5, 0.6) is 0 Å². The van der Waals surface area contributed by atoms with Crippen molar-refractivity contribution in [2.45, 2.75) is 38.8 Å². The molecule has 0 aliphatic carbocycles. The van der Waals surface area contributed by atoms with Crippen molar-refractivity contribution in [1.82, 2.24) is 24.8 Å². The number of piperazine rings is 1. The number of hydrogen-bond acceptors (Lipinski definition) is 6. The molecular formula is C19H26N6O. The highest BCUT2D eigenvalue weighted by Crippen LogP contribution is 2.22. The lowest BCUT2D eigenvalue weighted by molar-refractivity contribution is -0.142. The van der Waals surface area contributed by atoms with Crippen molar-refractivity contribution in [2.75, 3.05) is 37.6 Å². The van der Waals surface area contributed by atoms with E-state index in [0.717, 1.165) is 56.9 Å². The number of carbonyl (C=O) groups excluding carboxylic acids is 1. The zero-order valence-corrected chi connectivity index (χ0v) is 15.5. The smallest absolute Gasteiger partial charge is 0.240 e. The van der Waals surface area contributed by atoms with Gasteiger partial charge in [0.1, 0.15) is 11.3 Å². The van der Waals surface area contributed by atoms with Crippen molar-refractivity contribution in [3.63, 3.8) is 0 Å². The van der Waals surface area contributed by atoms with Gasteiger partial charge in [-0.2, -0.15) is 0 Å². The fraction of sp³-hybridized carbons (Fsp3) is 0.579. The molecule has 1 amide bonds. The Kier molecular flexibility index (Phi) is 4.72. The Labute approximate surface area is 154 Å². The number of anilines is 1. The summed E-state index contributed by atoms with van der Waals surface area (Å²) in [6.07, 6.45) is 5.43. The van der Waals surface area contributed by atoms with E-state index in [-0.39, 0.29) is 12.1 Å². The molecule has 0 aromatic carbocycles. The lowest BCUT2D eigenvalue weighted by Crippen LogP contribution is -2.58. The van der Waals surface area contributed by atoms with Crippen LogP contribution in [0.25, 0.3) is 11.2 Å². The average molecular weight is 354 g/mol. The Balaban J connectivity index is 1.42. The van der Waals surface area contributed by atoms with Crippen molar-refractivity contribution in [1.29, 1.82) is 0 Å². The van der Waals surface area contributed by atoms with Gasteiger partial charge in [-0.3, -0.25) is 14.7 Å². The van der Waals surface area contributed by atoms with Crippen LogP contribution in [-0.2, 0) is 4.79 Å². The molecule has 0 saturated carbocycles. The Morgan fingerprint density at radius 3 is 2.58 bits per heavy atom. The summed E-state index contributed by atoms with van der Waals surface area (Å²) in [5, 5.41) is 0. The molecule has 2 aliphatic heterocycles. The SMILES string of the molecule is CC(C)N1CCCC(N2CCN(c3ccc4nccnc4n3)CC2)C1=O. The number of hydrogen-bond donors (Lipinski definition) is 0. The van der Waals surface area contributed by atoms with Crippen molar-refractivity contribution < 1.29 is 4.79 Å². The minimum absolute atomic E-state index is 0.0451. The summed E-state index contributed by atoms with van der Waals surface area (Å²) >= 11 is 0. The minimum Gasteiger partial charge on any atom is -0.354 e. The second kappa shape index (κ2) is 7.15. The fourth-order valence-corrected chi connectivity index (χ4v) is 4.01. The average Bonchev–Trinajstić information content (AvgIpc) is 2.68. The Morgan fingerprint density at radius 2 is 1.81 bits per heavy atom. The summed E-state index contributed by atoms with van der Waals surface area (Å²) in [6.45, 7) is 8.65. The van der Waals surface area contributed by atoms with Gasteiger partial charge in [-0.1, -0.05) is 0 Å². The predicted octanol–water partition coefficient (Wildman–Crippen LogP) is 1.55. The third-order valence-electron chi connectivity index (χ3n) is 5.46. The van der Waals surface area contributed by atoms with E-state index in [2.05, 4.69) is 38.6 Å². The van der Waals surface area contributed by atoms with Gasteiger partial charge in [0.05, 0.1) is 6.04 Å². The molecule has 0 N–H and O–H groups in total. The highest BCUT2D eigenvalue weighted by molar-refractivity contribution is 5.83. The van der Waals surface area contributed by atoms with Gasteiger partial charge in [-0.05, 0) is 38.8 Å². The summed E-state index contributed by atoms with van der Waals surface area (Å²) in [7, 11) is 0. The van der Waals surface area contributed by atoms with E-state index in [1.807, 2.05) is 17.0 Å². The highest BCUT2D eigenvalue weighted by atomic mass is 16.2. The van der Waals surface area contributed by atoms with Crippen LogP contribution in [0.15, 0.2) is 24.5 Å².